The summed E-state index contributed by atoms with van der Waals surface area (Å²) in [6.07, 6.45) is 1.61. The number of hydrogen-bond acceptors (Lipinski definition) is 4. The van der Waals surface area contributed by atoms with Crippen LogP contribution in [0.3, 0.4) is 0 Å². The maximum absolute atomic E-state index is 11.3. The van der Waals surface area contributed by atoms with Gasteiger partial charge in [-0.15, -0.1) is 0 Å². The first-order chi connectivity index (χ1) is 7.93. The Labute approximate surface area is 101 Å². The minimum atomic E-state index is -0.971. The molecule has 17 heavy (non-hydrogen) atoms. The van der Waals surface area contributed by atoms with E-state index in [1.54, 1.807) is 37.1 Å². The van der Waals surface area contributed by atoms with Gasteiger partial charge in [0.25, 0.3) is 0 Å². The summed E-state index contributed by atoms with van der Waals surface area (Å²) in [5.74, 6) is -0.391. The molecule has 0 aliphatic carbocycles. The highest BCUT2D eigenvalue weighted by molar-refractivity contribution is 5.82. The molecule has 0 saturated heterocycles. The van der Waals surface area contributed by atoms with Crippen LogP contribution in [-0.2, 0) is 4.79 Å². The second kappa shape index (κ2) is 5.03. The van der Waals surface area contributed by atoms with Gasteiger partial charge in [-0.3, -0.25) is 0 Å². The van der Waals surface area contributed by atoms with Crippen LogP contribution in [-0.4, -0.2) is 35.3 Å². The van der Waals surface area contributed by atoms with Crippen molar-refractivity contribution in [2.45, 2.75) is 26.3 Å². The number of carboxylic acids is 1. The van der Waals surface area contributed by atoms with E-state index in [0.717, 1.165) is 5.69 Å². The molecule has 0 radical (unpaired) electrons. The molecular formula is C12H18N2O3. The summed E-state index contributed by atoms with van der Waals surface area (Å²) in [6.45, 7) is 5.85. The van der Waals surface area contributed by atoms with Gasteiger partial charge in [-0.25, -0.2) is 9.78 Å². The fourth-order valence-corrected chi connectivity index (χ4v) is 1.69. The molecule has 94 valence electrons. The first kappa shape index (κ1) is 13.3. The predicted octanol–water partition coefficient (Wildman–Crippen LogP) is 1.78. The van der Waals surface area contributed by atoms with Crippen molar-refractivity contribution >= 4 is 11.7 Å². The number of pyridine rings is 1. The molecule has 5 heteroatoms. The van der Waals surface area contributed by atoms with Gasteiger partial charge in [-0.05, 0) is 26.8 Å². The van der Waals surface area contributed by atoms with Crippen LogP contribution in [0.2, 0.25) is 0 Å². The summed E-state index contributed by atoms with van der Waals surface area (Å²) in [5, 5.41) is 9.24. The average Bonchev–Trinajstić information content (AvgIpc) is 2.29. The zero-order valence-electron chi connectivity index (χ0n) is 10.6. The standard InChI is InChI=1S/C12H18N2O3/c1-5-14(12(2,3)11(15)16)9-6-7-13-10(8-9)17-4/h6-8H,5H2,1-4H3,(H,15,16). The van der Waals surface area contributed by atoms with E-state index in [-0.39, 0.29) is 0 Å². The molecule has 0 bridgehead atoms. The van der Waals surface area contributed by atoms with Crippen LogP contribution in [0.5, 0.6) is 5.88 Å². The van der Waals surface area contributed by atoms with Gasteiger partial charge in [0.1, 0.15) is 5.54 Å². The van der Waals surface area contributed by atoms with E-state index >= 15 is 0 Å². The van der Waals surface area contributed by atoms with Crippen molar-refractivity contribution in [3.05, 3.63) is 18.3 Å². The highest BCUT2D eigenvalue weighted by Gasteiger charge is 2.34. The Morgan fingerprint density at radius 1 is 1.59 bits per heavy atom. The Bertz CT molecular complexity index is 404. The van der Waals surface area contributed by atoms with Gasteiger partial charge in [0, 0.05) is 24.5 Å². The van der Waals surface area contributed by atoms with Gasteiger partial charge in [-0.1, -0.05) is 0 Å². The molecule has 0 unspecified atom stereocenters. The molecule has 0 aliphatic heterocycles. The highest BCUT2D eigenvalue weighted by Crippen LogP contribution is 2.26. The molecule has 1 heterocycles. The van der Waals surface area contributed by atoms with Gasteiger partial charge < -0.3 is 14.7 Å². The molecule has 1 rings (SSSR count). The second-order valence-corrected chi connectivity index (χ2v) is 4.16. The van der Waals surface area contributed by atoms with E-state index in [0.29, 0.717) is 12.4 Å². The van der Waals surface area contributed by atoms with E-state index in [1.165, 1.54) is 7.11 Å². The van der Waals surface area contributed by atoms with Crippen LogP contribution in [0.15, 0.2) is 18.3 Å². The number of methoxy groups -OCH3 is 1. The Morgan fingerprint density at radius 2 is 2.24 bits per heavy atom. The molecule has 0 aromatic carbocycles. The topological polar surface area (TPSA) is 62.7 Å². The normalized spacial score (nSPS) is 11.1. The third-order valence-electron chi connectivity index (χ3n) is 2.75. The fraction of sp³-hybridized carbons (Fsp3) is 0.500. The molecule has 0 fully saturated rings. The third-order valence-corrected chi connectivity index (χ3v) is 2.75. The number of hydrogen-bond donors (Lipinski definition) is 1. The first-order valence-electron chi connectivity index (χ1n) is 5.44. The molecule has 1 aromatic rings. The van der Waals surface area contributed by atoms with Crippen molar-refractivity contribution in [1.29, 1.82) is 0 Å². The largest absolute Gasteiger partial charge is 0.481 e. The Morgan fingerprint density at radius 3 is 2.71 bits per heavy atom. The van der Waals surface area contributed by atoms with Gasteiger partial charge in [0.2, 0.25) is 5.88 Å². The number of nitrogens with zero attached hydrogens (tertiary/aromatic N) is 2. The second-order valence-electron chi connectivity index (χ2n) is 4.16. The van der Waals surface area contributed by atoms with E-state index in [1.807, 2.05) is 6.92 Å². The minimum absolute atomic E-state index is 0.474. The summed E-state index contributed by atoms with van der Waals surface area (Å²) in [6, 6.07) is 3.50. The van der Waals surface area contributed by atoms with E-state index in [9.17, 15) is 9.90 Å². The zero-order chi connectivity index (χ0) is 13.1. The molecular weight excluding hydrogens is 220 g/mol. The maximum Gasteiger partial charge on any atom is 0.328 e. The van der Waals surface area contributed by atoms with Crippen molar-refractivity contribution < 1.29 is 14.6 Å². The van der Waals surface area contributed by atoms with Crippen LogP contribution < -0.4 is 9.64 Å². The Balaban J connectivity index is 3.13. The van der Waals surface area contributed by atoms with Crippen LogP contribution >= 0.6 is 0 Å². The maximum atomic E-state index is 11.3. The third kappa shape index (κ3) is 2.67. The van der Waals surface area contributed by atoms with Gasteiger partial charge >= 0.3 is 5.97 Å². The van der Waals surface area contributed by atoms with E-state index in [2.05, 4.69) is 4.98 Å². The zero-order valence-corrected chi connectivity index (χ0v) is 10.6. The molecule has 0 spiro atoms. The number of carbonyl (C=O) groups is 1. The summed E-state index contributed by atoms with van der Waals surface area (Å²) in [5.41, 5.74) is -0.187. The van der Waals surface area contributed by atoms with Crippen LogP contribution in [0.25, 0.3) is 0 Å². The van der Waals surface area contributed by atoms with Gasteiger partial charge in [0.15, 0.2) is 0 Å². The molecule has 0 aliphatic rings. The van der Waals surface area contributed by atoms with Crippen molar-refractivity contribution in [2.75, 3.05) is 18.6 Å². The molecule has 1 N–H and O–H groups in total. The van der Waals surface area contributed by atoms with Crippen molar-refractivity contribution in [1.82, 2.24) is 4.98 Å². The van der Waals surface area contributed by atoms with E-state index in [4.69, 9.17) is 4.74 Å². The quantitative estimate of drug-likeness (QED) is 0.847. The molecule has 0 saturated carbocycles. The highest BCUT2D eigenvalue weighted by atomic mass is 16.5. The number of rotatable bonds is 5. The average molecular weight is 238 g/mol. The van der Waals surface area contributed by atoms with Gasteiger partial charge in [0.05, 0.1) is 7.11 Å². The number of aromatic nitrogens is 1. The number of ether oxygens (including phenoxy) is 1. The molecule has 0 amide bonds. The number of aliphatic carboxylic acids is 1. The van der Waals surface area contributed by atoms with Crippen molar-refractivity contribution in [2.24, 2.45) is 0 Å². The lowest BCUT2D eigenvalue weighted by Crippen LogP contribution is -2.50. The predicted molar refractivity (Wildman–Crippen MR) is 65.5 cm³/mol. The van der Waals surface area contributed by atoms with E-state index < -0.39 is 11.5 Å². The van der Waals surface area contributed by atoms with Crippen LogP contribution in [0, 0.1) is 0 Å². The molecule has 5 nitrogen and oxygen atoms in total. The lowest BCUT2D eigenvalue weighted by Gasteiger charge is -2.36. The fourth-order valence-electron chi connectivity index (χ4n) is 1.69. The minimum Gasteiger partial charge on any atom is -0.481 e. The van der Waals surface area contributed by atoms with Crippen molar-refractivity contribution in [3.8, 4) is 5.88 Å². The molecule has 1 aromatic heterocycles. The lowest BCUT2D eigenvalue weighted by atomic mass is 10.0. The lowest BCUT2D eigenvalue weighted by molar-refractivity contribution is -0.142. The van der Waals surface area contributed by atoms with Gasteiger partial charge in [-0.2, -0.15) is 0 Å². The van der Waals surface area contributed by atoms with Crippen LogP contribution in [0.4, 0.5) is 5.69 Å². The summed E-state index contributed by atoms with van der Waals surface area (Å²) in [4.78, 5) is 17.1. The number of carboxylic acid groups (broad SMARTS) is 1. The Kier molecular flexibility index (Phi) is 3.93. The summed E-state index contributed by atoms with van der Waals surface area (Å²) in [7, 11) is 1.53. The summed E-state index contributed by atoms with van der Waals surface area (Å²) < 4.78 is 5.04. The van der Waals surface area contributed by atoms with Crippen LogP contribution in [0.1, 0.15) is 20.8 Å². The summed E-state index contributed by atoms with van der Waals surface area (Å²) >= 11 is 0. The molecule has 0 atom stereocenters. The smallest absolute Gasteiger partial charge is 0.328 e. The SMILES string of the molecule is CCN(c1ccnc(OC)c1)C(C)(C)C(=O)O. The Hall–Kier alpha value is -1.78. The monoisotopic (exact) mass is 238 g/mol. The first-order valence-corrected chi connectivity index (χ1v) is 5.44. The number of anilines is 1. The van der Waals surface area contributed by atoms with Crippen molar-refractivity contribution in [3.63, 3.8) is 0 Å². The number of likely N-dealkylation sites (N-methyl/N-ethyl adjacent to an activating group) is 1.